The van der Waals surface area contributed by atoms with E-state index in [2.05, 4.69) is 15.1 Å². The summed E-state index contributed by atoms with van der Waals surface area (Å²) in [6.45, 7) is 4.91. The molecule has 144 valence electrons. The first-order chi connectivity index (χ1) is 12.6. The van der Waals surface area contributed by atoms with E-state index in [0.29, 0.717) is 22.6 Å². The molecule has 0 radical (unpaired) electrons. The molecule has 0 aliphatic rings. The second kappa shape index (κ2) is 6.80. The zero-order valence-corrected chi connectivity index (χ0v) is 15.0. The molecule has 3 aromatic rings. The molecule has 0 spiro atoms. The van der Waals surface area contributed by atoms with Gasteiger partial charge in [-0.2, -0.15) is 18.3 Å². The van der Waals surface area contributed by atoms with Crippen molar-refractivity contribution in [1.29, 1.82) is 0 Å². The Morgan fingerprint density at radius 2 is 1.85 bits per heavy atom. The number of nitrogens with one attached hydrogen (secondary N) is 1. The smallest absolute Gasteiger partial charge is 0.394 e. The molecule has 0 fully saturated rings. The van der Waals surface area contributed by atoms with Crippen LogP contribution in [0.15, 0.2) is 29.1 Å². The highest BCUT2D eigenvalue weighted by atomic mass is 19.4. The first kappa shape index (κ1) is 19.1. The summed E-state index contributed by atoms with van der Waals surface area (Å²) in [5, 5.41) is 13.9. The van der Waals surface area contributed by atoms with Crippen molar-refractivity contribution >= 4 is 11.0 Å². The fourth-order valence-corrected chi connectivity index (χ4v) is 2.99. The summed E-state index contributed by atoms with van der Waals surface area (Å²) < 4.78 is 39.8. The van der Waals surface area contributed by atoms with Crippen LogP contribution < -0.4 is 5.56 Å². The number of halogens is 3. The van der Waals surface area contributed by atoms with Crippen LogP contribution in [0.4, 0.5) is 13.2 Å². The number of alkyl halides is 3. The minimum absolute atomic E-state index is 0.224. The van der Waals surface area contributed by atoms with Gasteiger partial charge in [0.1, 0.15) is 11.3 Å². The summed E-state index contributed by atoms with van der Waals surface area (Å²) in [5.74, 6) is 0.0141. The topological polar surface area (TPSA) is 83.8 Å². The Morgan fingerprint density at radius 3 is 2.41 bits per heavy atom. The molecule has 9 heteroatoms. The number of H-pyrrole nitrogens is 1. The molecule has 0 saturated carbocycles. The Kier molecular flexibility index (Phi) is 4.81. The van der Waals surface area contributed by atoms with Gasteiger partial charge in [-0.1, -0.05) is 19.1 Å². The molecule has 0 bridgehead atoms. The lowest BCUT2D eigenvalue weighted by Gasteiger charge is -2.12. The van der Waals surface area contributed by atoms with Gasteiger partial charge < -0.3 is 10.1 Å². The van der Waals surface area contributed by atoms with Gasteiger partial charge in [0.15, 0.2) is 5.52 Å². The molecular weight excluding hydrogens is 361 g/mol. The van der Waals surface area contributed by atoms with Crippen molar-refractivity contribution in [2.45, 2.75) is 38.9 Å². The van der Waals surface area contributed by atoms with Gasteiger partial charge in [-0.3, -0.25) is 9.48 Å². The number of aryl methyl sites for hydroxylation is 1. The lowest BCUT2D eigenvalue weighted by Crippen LogP contribution is -2.18. The van der Waals surface area contributed by atoms with Crippen LogP contribution in [-0.4, -0.2) is 31.5 Å². The number of aliphatic hydroxyl groups excluding tert-OH is 1. The van der Waals surface area contributed by atoms with Crippen LogP contribution in [0.3, 0.4) is 0 Å². The molecule has 2 atom stereocenters. The molecule has 0 aliphatic heterocycles. The summed E-state index contributed by atoms with van der Waals surface area (Å²) in [6, 6.07) is 4.38. The monoisotopic (exact) mass is 380 g/mol. The van der Waals surface area contributed by atoms with Gasteiger partial charge >= 0.3 is 6.18 Å². The molecule has 6 nitrogen and oxygen atoms in total. The highest BCUT2D eigenvalue weighted by Crippen LogP contribution is 2.33. The summed E-state index contributed by atoms with van der Waals surface area (Å²) >= 11 is 0. The molecule has 2 aromatic heterocycles. The van der Waals surface area contributed by atoms with Crippen molar-refractivity contribution < 1.29 is 18.3 Å². The number of aromatic amines is 1. The molecule has 0 saturated heterocycles. The second-order valence-electron chi connectivity index (χ2n) is 6.55. The molecule has 0 aliphatic carbocycles. The van der Waals surface area contributed by atoms with E-state index in [9.17, 15) is 23.1 Å². The van der Waals surface area contributed by atoms with Crippen LogP contribution >= 0.6 is 0 Å². The normalized spacial score (nSPS) is 14.5. The van der Waals surface area contributed by atoms with E-state index in [0.717, 1.165) is 12.1 Å². The molecule has 2 N–H and O–H groups in total. The maximum atomic E-state index is 12.8. The van der Waals surface area contributed by atoms with Crippen molar-refractivity contribution in [3.63, 3.8) is 0 Å². The Bertz CT molecular complexity index is 1020. The Morgan fingerprint density at radius 1 is 1.22 bits per heavy atom. The molecule has 1 aromatic carbocycles. The van der Waals surface area contributed by atoms with Gasteiger partial charge in [0.25, 0.3) is 5.56 Å². The van der Waals surface area contributed by atoms with Gasteiger partial charge in [-0.15, -0.1) is 0 Å². The number of aromatic nitrogens is 4. The predicted octanol–water partition coefficient (Wildman–Crippen LogP) is 3.15. The lowest BCUT2D eigenvalue weighted by atomic mass is 9.96. The minimum Gasteiger partial charge on any atom is -0.394 e. The van der Waals surface area contributed by atoms with E-state index in [1.807, 2.05) is 0 Å². The van der Waals surface area contributed by atoms with Crippen molar-refractivity contribution in [1.82, 2.24) is 19.7 Å². The summed E-state index contributed by atoms with van der Waals surface area (Å²) in [4.78, 5) is 19.4. The standard InChI is InChI=1S/C18H19F3N4O2/c1-9(8-26)25-16-15(22-11(3)23-17(16)27)14(24-25)10(2)12-4-6-13(7-5-12)18(19,20)21/h4-7,9-10,26H,8H2,1-3H3,(H,22,23,27)/t9-,10-/m0/s1. The number of rotatable bonds is 4. The van der Waals surface area contributed by atoms with Crippen LogP contribution in [0, 0.1) is 6.92 Å². The van der Waals surface area contributed by atoms with Crippen LogP contribution in [0.25, 0.3) is 11.0 Å². The number of hydrogen-bond acceptors (Lipinski definition) is 4. The van der Waals surface area contributed by atoms with E-state index in [1.54, 1.807) is 20.8 Å². The van der Waals surface area contributed by atoms with Crippen molar-refractivity contribution in [3.8, 4) is 0 Å². The first-order valence-electron chi connectivity index (χ1n) is 8.40. The van der Waals surface area contributed by atoms with E-state index in [-0.39, 0.29) is 17.7 Å². The second-order valence-corrected chi connectivity index (χ2v) is 6.55. The van der Waals surface area contributed by atoms with Gasteiger partial charge in [0.2, 0.25) is 0 Å². The van der Waals surface area contributed by atoms with Gasteiger partial charge in [0, 0.05) is 5.92 Å². The zero-order chi connectivity index (χ0) is 19.9. The predicted molar refractivity (Wildman–Crippen MR) is 93.6 cm³/mol. The van der Waals surface area contributed by atoms with E-state index < -0.39 is 23.7 Å². The Labute approximate surface area is 152 Å². The SMILES string of the molecule is Cc1nc2c([C@@H](C)c3ccc(C(F)(F)F)cc3)nn([C@@H](C)CO)c2c(=O)[nH]1. The average Bonchev–Trinajstić information content (AvgIpc) is 2.99. The quantitative estimate of drug-likeness (QED) is 0.728. The summed E-state index contributed by atoms with van der Waals surface area (Å²) in [5.41, 5.74) is 0.592. The van der Waals surface area contributed by atoms with Crippen LogP contribution in [0.2, 0.25) is 0 Å². The molecule has 0 unspecified atom stereocenters. The van der Waals surface area contributed by atoms with Crippen LogP contribution in [0.1, 0.15) is 48.5 Å². The molecule has 2 heterocycles. The highest BCUT2D eigenvalue weighted by molar-refractivity contribution is 5.78. The fraction of sp³-hybridized carbons (Fsp3) is 0.389. The van der Waals surface area contributed by atoms with E-state index in [4.69, 9.17) is 0 Å². The first-order valence-corrected chi connectivity index (χ1v) is 8.40. The maximum Gasteiger partial charge on any atom is 0.416 e. The molecule has 3 rings (SSSR count). The van der Waals surface area contributed by atoms with Crippen molar-refractivity contribution in [2.24, 2.45) is 0 Å². The minimum atomic E-state index is -4.40. The number of hydrogen-bond donors (Lipinski definition) is 2. The van der Waals surface area contributed by atoms with Crippen LogP contribution in [0.5, 0.6) is 0 Å². The van der Waals surface area contributed by atoms with Crippen LogP contribution in [-0.2, 0) is 6.18 Å². The lowest BCUT2D eigenvalue weighted by molar-refractivity contribution is -0.137. The average molecular weight is 380 g/mol. The summed E-state index contributed by atoms with van der Waals surface area (Å²) in [6.07, 6.45) is -4.40. The fourth-order valence-electron chi connectivity index (χ4n) is 2.99. The van der Waals surface area contributed by atoms with Gasteiger partial charge in [0.05, 0.1) is 23.9 Å². The number of fused-ring (bicyclic) bond motifs is 1. The highest BCUT2D eigenvalue weighted by Gasteiger charge is 2.30. The Balaban J connectivity index is 2.14. The van der Waals surface area contributed by atoms with Crippen molar-refractivity contribution in [3.05, 3.63) is 57.3 Å². The summed E-state index contributed by atoms with van der Waals surface area (Å²) in [7, 11) is 0. The van der Waals surface area contributed by atoms with Gasteiger partial charge in [-0.05, 0) is 31.5 Å². The number of nitrogens with zero attached hydrogens (tertiary/aromatic N) is 3. The zero-order valence-electron chi connectivity index (χ0n) is 15.0. The number of aliphatic hydroxyl groups is 1. The third-order valence-corrected chi connectivity index (χ3v) is 4.53. The third-order valence-electron chi connectivity index (χ3n) is 4.53. The van der Waals surface area contributed by atoms with Crippen molar-refractivity contribution in [2.75, 3.05) is 6.61 Å². The molecular formula is C18H19F3N4O2. The maximum absolute atomic E-state index is 12.8. The van der Waals surface area contributed by atoms with E-state index >= 15 is 0 Å². The molecule has 0 amide bonds. The largest absolute Gasteiger partial charge is 0.416 e. The van der Waals surface area contributed by atoms with E-state index in [1.165, 1.54) is 16.8 Å². The Hall–Kier alpha value is -2.68. The number of benzene rings is 1. The van der Waals surface area contributed by atoms with Gasteiger partial charge in [-0.25, -0.2) is 4.98 Å². The molecule has 27 heavy (non-hydrogen) atoms. The third kappa shape index (κ3) is 3.46.